The van der Waals surface area contributed by atoms with Crippen molar-refractivity contribution in [3.63, 3.8) is 0 Å². The van der Waals surface area contributed by atoms with Crippen LogP contribution in [0.4, 0.5) is 5.13 Å². The molecule has 3 nitrogen and oxygen atoms in total. The van der Waals surface area contributed by atoms with Crippen LogP contribution in [-0.2, 0) is 0 Å². The quantitative estimate of drug-likeness (QED) is 0.906. The van der Waals surface area contributed by atoms with E-state index in [9.17, 15) is 4.79 Å². The maximum atomic E-state index is 11.9. The number of rotatable bonds is 2. The average molecular weight is 287 g/mol. The number of amides is 1. The van der Waals surface area contributed by atoms with E-state index in [-0.39, 0.29) is 10.9 Å². The number of aryl methyl sites for hydroxylation is 1. The molecule has 0 spiro atoms. The van der Waals surface area contributed by atoms with Crippen molar-refractivity contribution >= 4 is 45.6 Å². The van der Waals surface area contributed by atoms with Gasteiger partial charge in [0.2, 0.25) is 0 Å². The highest BCUT2D eigenvalue weighted by molar-refractivity contribution is 7.13. The Balaban J connectivity index is 2.23. The van der Waals surface area contributed by atoms with E-state index in [4.69, 9.17) is 23.2 Å². The Kier molecular flexibility index (Phi) is 3.66. The van der Waals surface area contributed by atoms with Gasteiger partial charge in [-0.05, 0) is 19.1 Å². The molecule has 0 aliphatic carbocycles. The minimum Gasteiger partial charge on any atom is -0.298 e. The summed E-state index contributed by atoms with van der Waals surface area (Å²) in [6.45, 7) is 1.86. The highest BCUT2D eigenvalue weighted by Crippen LogP contribution is 2.26. The maximum Gasteiger partial charge on any atom is 0.259 e. The fourth-order valence-electron chi connectivity index (χ4n) is 1.26. The standard InChI is InChI=1S/C11H8Cl2N2OS/c1-6-5-17-11(14-6)15-10(16)7-3-2-4-8(12)9(7)13/h2-5H,1H3,(H,14,15,16). The third-order valence-electron chi connectivity index (χ3n) is 2.04. The molecule has 6 heteroatoms. The second-order valence-electron chi connectivity index (χ2n) is 3.35. The molecule has 0 radical (unpaired) electrons. The Morgan fingerprint density at radius 1 is 1.41 bits per heavy atom. The van der Waals surface area contributed by atoms with Crippen molar-refractivity contribution in [3.05, 3.63) is 44.9 Å². The van der Waals surface area contributed by atoms with Crippen LogP contribution in [0.1, 0.15) is 16.1 Å². The van der Waals surface area contributed by atoms with Gasteiger partial charge < -0.3 is 0 Å². The molecule has 2 aromatic rings. The first-order valence-corrected chi connectivity index (χ1v) is 6.39. The van der Waals surface area contributed by atoms with E-state index >= 15 is 0 Å². The predicted octanol–water partition coefficient (Wildman–Crippen LogP) is 4.01. The molecule has 0 atom stereocenters. The van der Waals surface area contributed by atoms with E-state index < -0.39 is 0 Å². The first-order valence-electron chi connectivity index (χ1n) is 4.75. The van der Waals surface area contributed by atoms with Crippen molar-refractivity contribution in [3.8, 4) is 0 Å². The van der Waals surface area contributed by atoms with Gasteiger partial charge in [0.1, 0.15) is 0 Å². The number of nitrogens with one attached hydrogen (secondary N) is 1. The van der Waals surface area contributed by atoms with E-state index in [2.05, 4.69) is 10.3 Å². The molecule has 0 aliphatic rings. The van der Waals surface area contributed by atoms with E-state index in [0.29, 0.717) is 15.7 Å². The summed E-state index contributed by atoms with van der Waals surface area (Å²) in [5.41, 5.74) is 1.20. The van der Waals surface area contributed by atoms with E-state index in [1.54, 1.807) is 18.2 Å². The average Bonchev–Trinajstić information content (AvgIpc) is 2.68. The monoisotopic (exact) mass is 286 g/mol. The zero-order valence-electron chi connectivity index (χ0n) is 8.83. The third-order valence-corrected chi connectivity index (χ3v) is 3.73. The molecular weight excluding hydrogens is 279 g/mol. The number of carbonyl (C=O) groups is 1. The lowest BCUT2D eigenvalue weighted by Crippen LogP contribution is -2.12. The lowest BCUT2D eigenvalue weighted by molar-refractivity contribution is 0.102. The number of nitrogens with zero attached hydrogens (tertiary/aromatic N) is 1. The van der Waals surface area contributed by atoms with Crippen LogP contribution in [0.2, 0.25) is 10.0 Å². The van der Waals surface area contributed by atoms with Gasteiger partial charge in [0, 0.05) is 5.38 Å². The van der Waals surface area contributed by atoms with Gasteiger partial charge in [-0.1, -0.05) is 29.3 Å². The van der Waals surface area contributed by atoms with Gasteiger partial charge >= 0.3 is 0 Å². The SMILES string of the molecule is Cc1csc(NC(=O)c2cccc(Cl)c2Cl)n1. The lowest BCUT2D eigenvalue weighted by atomic mass is 10.2. The summed E-state index contributed by atoms with van der Waals surface area (Å²) in [6, 6.07) is 4.93. The van der Waals surface area contributed by atoms with Crippen LogP contribution < -0.4 is 5.32 Å². The Hall–Kier alpha value is -1.10. The molecule has 1 aromatic heterocycles. The number of halogens is 2. The highest BCUT2D eigenvalue weighted by Gasteiger charge is 2.13. The predicted molar refractivity (Wildman–Crippen MR) is 71.3 cm³/mol. The summed E-state index contributed by atoms with van der Waals surface area (Å²) in [4.78, 5) is 16.0. The number of hydrogen-bond acceptors (Lipinski definition) is 3. The summed E-state index contributed by atoms with van der Waals surface area (Å²) in [7, 11) is 0. The van der Waals surface area contributed by atoms with Crippen molar-refractivity contribution in [2.75, 3.05) is 5.32 Å². The molecule has 0 aliphatic heterocycles. The first-order chi connectivity index (χ1) is 8.08. The number of carbonyl (C=O) groups excluding carboxylic acids is 1. The molecule has 17 heavy (non-hydrogen) atoms. The largest absolute Gasteiger partial charge is 0.298 e. The van der Waals surface area contributed by atoms with Gasteiger partial charge in [0.15, 0.2) is 5.13 Å². The van der Waals surface area contributed by atoms with Gasteiger partial charge in [0.05, 0.1) is 21.3 Å². The zero-order valence-corrected chi connectivity index (χ0v) is 11.2. The second-order valence-corrected chi connectivity index (χ2v) is 4.99. The van der Waals surface area contributed by atoms with Crippen LogP contribution in [0.15, 0.2) is 23.6 Å². The van der Waals surface area contributed by atoms with Gasteiger partial charge in [-0.25, -0.2) is 4.98 Å². The van der Waals surface area contributed by atoms with E-state index in [0.717, 1.165) is 5.69 Å². The molecule has 0 saturated heterocycles. The number of thiazole rings is 1. The smallest absolute Gasteiger partial charge is 0.259 e. The molecule has 1 aromatic carbocycles. The van der Waals surface area contributed by atoms with Crippen LogP contribution in [0.25, 0.3) is 0 Å². The van der Waals surface area contributed by atoms with Crippen molar-refractivity contribution in [2.24, 2.45) is 0 Å². The molecule has 1 amide bonds. The fourth-order valence-corrected chi connectivity index (χ4v) is 2.32. The Morgan fingerprint density at radius 2 is 2.18 bits per heavy atom. The summed E-state index contributed by atoms with van der Waals surface area (Å²) < 4.78 is 0. The summed E-state index contributed by atoms with van der Waals surface area (Å²) >= 11 is 13.2. The molecule has 0 bridgehead atoms. The Morgan fingerprint density at radius 3 is 2.82 bits per heavy atom. The summed E-state index contributed by atoms with van der Waals surface area (Å²) in [5.74, 6) is -0.313. The second kappa shape index (κ2) is 5.04. The van der Waals surface area contributed by atoms with Gasteiger partial charge in [-0.3, -0.25) is 10.1 Å². The highest BCUT2D eigenvalue weighted by atomic mass is 35.5. The summed E-state index contributed by atoms with van der Waals surface area (Å²) in [5, 5.41) is 5.68. The van der Waals surface area contributed by atoms with E-state index in [1.807, 2.05) is 12.3 Å². The van der Waals surface area contributed by atoms with Crippen LogP contribution in [-0.4, -0.2) is 10.9 Å². The minimum atomic E-state index is -0.313. The summed E-state index contributed by atoms with van der Waals surface area (Å²) in [6.07, 6.45) is 0. The molecule has 2 rings (SSSR count). The molecule has 88 valence electrons. The van der Waals surface area contributed by atoms with Crippen molar-refractivity contribution in [2.45, 2.75) is 6.92 Å². The Labute approximate surface area is 112 Å². The lowest BCUT2D eigenvalue weighted by Gasteiger charge is -2.04. The Bertz CT molecular complexity index is 568. The molecular formula is C11H8Cl2N2OS. The number of anilines is 1. The zero-order chi connectivity index (χ0) is 12.4. The normalized spacial score (nSPS) is 10.3. The molecule has 1 heterocycles. The van der Waals surface area contributed by atoms with Crippen LogP contribution in [0, 0.1) is 6.92 Å². The van der Waals surface area contributed by atoms with Crippen LogP contribution >= 0.6 is 34.5 Å². The van der Waals surface area contributed by atoms with Crippen molar-refractivity contribution in [1.29, 1.82) is 0 Å². The number of aromatic nitrogens is 1. The third kappa shape index (κ3) is 2.77. The topological polar surface area (TPSA) is 42.0 Å². The van der Waals surface area contributed by atoms with Crippen molar-refractivity contribution in [1.82, 2.24) is 4.98 Å². The number of hydrogen-bond donors (Lipinski definition) is 1. The maximum absolute atomic E-state index is 11.9. The molecule has 0 saturated carbocycles. The van der Waals surface area contributed by atoms with E-state index in [1.165, 1.54) is 11.3 Å². The van der Waals surface area contributed by atoms with Gasteiger partial charge in [0.25, 0.3) is 5.91 Å². The minimum absolute atomic E-state index is 0.250. The van der Waals surface area contributed by atoms with Crippen molar-refractivity contribution < 1.29 is 4.79 Å². The van der Waals surface area contributed by atoms with Crippen LogP contribution in [0.3, 0.4) is 0 Å². The molecule has 0 unspecified atom stereocenters. The van der Waals surface area contributed by atoms with Gasteiger partial charge in [-0.2, -0.15) is 0 Å². The number of benzene rings is 1. The van der Waals surface area contributed by atoms with Crippen LogP contribution in [0.5, 0.6) is 0 Å². The van der Waals surface area contributed by atoms with Gasteiger partial charge in [-0.15, -0.1) is 11.3 Å². The molecule has 0 fully saturated rings. The molecule has 1 N–H and O–H groups in total. The first kappa shape index (κ1) is 12.4. The fraction of sp³-hybridized carbons (Fsp3) is 0.0909.